The Kier molecular flexibility index (Phi) is 7.27. The number of hydrogen-bond donors (Lipinski definition) is 1. The zero-order valence-corrected chi connectivity index (χ0v) is 13.4. The Labute approximate surface area is 137 Å². The molecule has 1 atom stereocenters. The van der Waals surface area contributed by atoms with Gasteiger partial charge in [-0.1, -0.05) is 12.1 Å². The molecule has 0 aromatic heterocycles. The lowest BCUT2D eigenvalue weighted by Crippen LogP contribution is -2.18. The predicted molar refractivity (Wildman–Crippen MR) is 82.7 cm³/mol. The summed E-state index contributed by atoms with van der Waals surface area (Å²) in [5.74, 6) is -2.12. The fourth-order valence-electron chi connectivity index (χ4n) is 1.59. The van der Waals surface area contributed by atoms with Crippen LogP contribution in [0.25, 0.3) is 0 Å². The summed E-state index contributed by atoms with van der Waals surface area (Å²) in [4.78, 5) is 45.6. The first-order valence-corrected chi connectivity index (χ1v) is 7.53. The fourth-order valence-corrected chi connectivity index (χ4v) is 2.26. The van der Waals surface area contributed by atoms with Gasteiger partial charge in [0.05, 0.1) is 18.8 Å². The van der Waals surface area contributed by atoms with Gasteiger partial charge in [0.1, 0.15) is 17.1 Å². The van der Waals surface area contributed by atoms with E-state index in [4.69, 9.17) is 9.84 Å². The first-order valence-electron chi connectivity index (χ1n) is 6.65. The number of aromatic carboxylic acids is 1. The lowest BCUT2D eigenvalue weighted by Gasteiger charge is -2.10. The number of thioether (sulfide) groups is 1. The summed E-state index contributed by atoms with van der Waals surface area (Å²) in [5.41, 5.74) is -0.147. The van der Waals surface area contributed by atoms with Gasteiger partial charge in [-0.25, -0.2) is 9.59 Å². The van der Waals surface area contributed by atoms with Crippen molar-refractivity contribution in [3.05, 3.63) is 29.8 Å². The SMILES string of the molecule is COC(=O)CCC(=O)C(C)SC(=O)Oc1ccccc1C(=O)O. The number of rotatable bonds is 7. The van der Waals surface area contributed by atoms with E-state index in [9.17, 15) is 19.2 Å². The Balaban J connectivity index is 2.58. The largest absolute Gasteiger partial charge is 0.478 e. The normalized spacial score (nSPS) is 11.4. The molecule has 1 aromatic rings. The number of methoxy groups -OCH3 is 1. The second kappa shape index (κ2) is 8.94. The third-order valence-corrected chi connectivity index (χ3v) is 3.73. The smallest absolute Gasteiger partial charge is 0.373 e. The maximum Gasteiger partial charge on any atom is 0.373 e. The number of Topliss-reactive ketones (excluding diaryl/α,β-unsaturated/α-hetero) is 1. The van der Waals surface area contributed by atoms with E-state index < -0.39 is 22.5 Å². The van der Waals surface area contributed by atoms with Crippen molar-refractivity contribution in [2.24, 2.45) is 0 Å². The lowest BCUT2D eigenvalue weighted by molar-refractivity contribution is -0.141. The van der Waals surface area contributed by atoms with Crippen LogP contribution in [0.5, 0.6) is 5.75 Å². The van der Waals surface area contributed by atoms with Crippen molar-refractivity contribution in [3.63, 3.8) is 0 Å². The second-order valence-electron chi connectivity index (χ2n) is 4.46. The molecule has 8 heteroatoms. The van der Waals surface area contributed by atoms with Gasteiger partial charge in [-0.15, -0.1) is 0 Å². The van der Waals surface area contributed by atoms with E-state index in [-0.39, 0.29) is 29.9 Å². The van der Waals surface area contributed by atoms with Crippen LogP contribution in [0.15, 0.2) is 24.3 Å². The third-order valence-electron chi connectivity index (χ3n) is 2.84. The highest BCUT2D eigenvalue weighted by molar-refractivity contribution is 8.14. The number of carboxylic acid groups (broad SMARTS) is 1. The number of carbonyl (C=O) groups excluding carboxylic acids is 3. The van der Waals surface area contributed by atoms with Crippen molar-refractivity contribution in [1.29, 1.82) is 0 Å². The summed E-state index contributed by atoms with van der Waals surface area (Å²) >= 11 is 0.626. The van der Waals surface area contributed by atoms with Crippen LogP contribution in [0.1, 0.15) is 30.1 Å². The number of hydrogen-bond acceptors (Lipinski definition) is 7. The van der Waals surface area contributed by atoms with Crippen molar-refractivity contribution in [2.45, 2.75) is 25.0 Å². The summed E-state index contributed by atoms with van der Waals surface area (Å²) in [6.07, 6.45) is -0.100. The van der Waals surface area contributed by atoms with Gasteiger partial charge in [-0.3, -0.25) is 9.59 Å². The quantitative estimate of drug-likeness (QED) is 0.755. The van der Waals surface area contributed by atoms with Gasteiger partial charge in [0.15, 0.2) is 0 Å². The Morgan fingerprint density at radius 1 is 1.17 bits per heavy atom. The summed E-state index contributed by atoms with van der Waals surface area (Å²) in [6.45, 7) is 1.51. The second-order valence-corrected chi connectivity index (χ2v) is 5.73. The van der Waals surface area contributed by atoms with Gasteiger partial charge in [-0.05, 0) is 30.8 Å². The van der Waals surface area contributed by atoms with E-state index in [1.165, 1.54) is 38.3 Å². The first-order chi connectivity index (χ1) is 10.8. The molecule has 0 heterocycles. The monoisotopic (exact) mass is 340 g/mol. The minimum absolute atomic E-state index is 0.0418. The van der Waals surface area contributed by atoms with E-state index in [1.807, 2.05) is 0 Å². The third kappa shape index (κ3) is 6.11. The van der Waals surface area contributed by atoms with Crippen molar-refractivity contribution >= 4 is 34.8 Å². The van der Waals surface area contributed by atoms with Crippen molar-refractivity contribution in [1.82, 2.24) is 0 Å². The summed E-state index contributed by atoms with van der Waals surface area (Å²) in [6, 6.07) is 5.70. The number of ether oxygens (including phenoxy) is 2. The Morgan fingerprint density at radius 3 is 2.43 bits per heavy atom. The van der Waals surface area contributed by atoms with E-state index >= 15 is 0 Å². The molecule has 0 aliphatic rings. The molecule has 1 N–H and O–H groups in total. The van der Waals surface area contributed by atoms with Crippen LogP contribution >= 0.6 is 11.8 Å². The molecule has 7 nitrogen and oxygen atoms in total. The molecule has 0 amide bonds. The number of ketones is 1. The summed E-state index contributed by atoms with van der Waals surface area (Å²) < 4.78 is 9.40. The number of para-hydroxylation sites is 1. The van der Waals surface area contributed by atoms with E-state index in [1.54, 1.807) is 0 Å². The Morgan fingerprint density at radius 2 is 1.83 bits per heavy atom. The number of carboxylic acids is 1. The number of carbonyl (C=O) groups is 4. The van der Waals surface area contributed by atoms with E-state index in [2.05, 4.69) is 4.74 Å². The fraction of sp³-hybridized carbons (Fsp3) is 0.333. The van der Waals surface area contributed by atoms with Gasteiger partial charge in [0, 0.05) is 6.42 Å². The van der Waals surface area contributed by atoms with Crippen LogP contribution < -0.4 is 4.74 Å². The van der Waals surface area contributed by atoms with Gasteiger partial charge >= 0.3 is 17.2 Å². The highest BCUT2D eigenvalue weighted by Gasteiger charge is 2.21. The van der Waals surface area contributed by atoms with Crippen molar-refractivity contribution < 1.29 is 33.8 Å². The van der Waals surface area contributed by atoms with Crippen LogP contribution in [0.3, 0.4) is 0 Å². The topological polar surface area (TPSA) is 107 Å². The number of esters is 1. The average Bonchev–Trinajstić information content (AvgIpc) is 2.52. The predicted octanol–water partition coefficient (Wildman–Crippen LogP) is 2.53. The molecular weight excluding hydrogens is 324 g/mol. The van der Waals surface area contributed by atoms with Gasteiger partial charge in [0.2, 0.25) is 0 Å². The maximum atomic E-state index is 11.8. The first kappa shape index (κ1) is 18.7. The van der Waals surface area contributed by atoms with Crippen molar-refractivity contribution in [2.75, 3.05) is 7.11 Å². The van der Waals surface area contributed by atoms with Crippen molar-refractivity contribution in [3.8, 4) is 5.75 Å². The minimum Gasteiger partial charge on any atom is -0.478 e. The van der Waals surface area contributed by atoms with Gasteiger partial charge in [-0.2, -0.15) is 0 Å². The standard InChI is InChI=1S/C15H16O7S/c1-9(11(16)7-8-13(17)21-2)23-15(20)22-12-6-4-3-5-10(12)14(18)19/h3-6,9H,7-8H2,1-2H3,(H,18,19). The van der Waals surface area contributed by atoms with Gasteiger partial charge < -0.3 is 14.6 Å². The molecule has 1 aromatic carbocycles. The summed E-state index contributed by atoms with van der Waals surface area (Å²) in [5, 5.41) is 7.49. The molecule has 0 bridgehead atoms. The minimum atomic E-state index is -1.22. The molecule has 124 valence electrons. The van der Waals surface area contributed by atoms with E-state index in [0.717, 1.165) is 0 Å². The molecule has 0 aliphatic carbocycles. The molecule has 23 heavy (non-hydrogen) atoms. The molecule has 0 saturated carbocycles. The van der Waals surface area contributed by atoms with Crippen LogP contribution in [0.2, 0.25) is 0 Å². The van der Waals surface area contributed by atoms with Gasteiger partial charge in [0.25, 0.3) is 0 Å². The molecule has 1 rings (SSSR count). The summed E-state index contributed by atoms with van der Waals surface area (Å²) in [7, 11) is 1.22. The average molecular weight is 340 g/mol. The van der Waals surface area contributed by atoms with Crippen LogP contribution in [-0.4, -0.2) is 40.5 Å². The van der Waals surface area contributed by atoms with Crippen LogP contribution in [0, 0.1) is 0 Å². The number of benzene rings is 1. The molecule has 0 spiro atoms. The van der Waals surface area contributed by atoms with Crippen LogP contribution in [0.4, 0.5) is 4.79 Å². The molecule has 0 saturated heterocycles. The molecule has 0 radical (unpaired) electrons. The molecular formula is C15H16O7S. The molecule has 0 aliphatic heterocycles. The Hall–Kier alpha value is -2.35. The Bertz CT molecular complexity index is 612. The van der Waals surface area contributed by atoms with E-state index in [0.29, 0.717) is 11.8 Å². The zero-order chi connectivity index (χ0) is 17.4. The zero-order valence-electron chi connectivity index (χ0n) is 12.6. The van der Waals surface area contributed by atoms with Crippen LogP contribution in [-0.2, 0) is 14.3 Å². The molecule has 0 fully saturated rings. The maximum absolute atomic E-state index is 11.8. The highest BCUT2D eigenvalue weighted by atomic mass is 32.2. The lowest BCUT2D eigenvalue weighted by atomic mass is 10.2. The molecule has 1 unspecified atom stereocenters. The highest BCUT2D eigenvalue weighted by Crippen LogP contribution is 2.23.